The Morgan fingerprint density at radius 3 is 1.04 bits per heavy atom. The van der Waals surface area contributed by atoms with Crippen molar-refractivity contribution in [3.05, 3.63) is 118 Å². The van der Waals surface area contributed by atoms with Crippen LogP contribution in [0.1, 0.15) is 94.2 Å². The van der Waals surface area contributed by atoms with Crippen molar-refractivity contribution in [3.63, 3.8) is 0 Å². The van der Waals surface area contributed by atoms with Gasteiger partial charge in [-0.2, -0.15) is 20.5 Å². The first-order valence-corrected chi connectivity index (χ1v) is 17.5. The first-order valence-electron chi connectivity index (χ1n) is 17.5. The summed E-state index contributed by atoms with van der Waals surface area (Å²) in [6, 6.07) is 11.4. The highest BCUT2D eigenvalue weighted by atomic mass is 16.5. The van der Waals surface area contributed by atoms with E-state index in [2.05, 4.69) is 104 Å². The molecule has 2 aromatic carbocycles. The SMILES string of the molecule is Cc1cc(N=NC=C2C=C(C(C)(C)C)C(=O)C(C(C)(C)C)=C2)ccc1Oc1ccc(N=NC=C2C=C(C(C)(C)C)C(=O)C(C(C)(C)C)=C2)cc1C. The number of allylic oxidation sites excluding steroid dienone is 10. The second kappa shape index (κ2) is 14.5. The summed E-state index contributed by atoms with van der Waals surface area (Å²) >= 11 is 0. The lowest BCUT2D eigenvalue weighted by molar-refractivity contribution is -0.114. The van der Waals surface area contributed by atoms with Crippen LogP contribution < -0.4 is 4.74 Å². The van der Waals surface area contributed by atoms with Crippen molar-refractivity contribution in [3.8, 4) is 11.5 Å². The zero-order valence-corrected chi connectivity index (χ0v) is 32.9. The van der Waals surface area contributed by atoms with E-state index < -0.39 is 0 Å². The van der Waals surface area contributed by atoms with Crippen LogP contribution in [0.2, 0.25) is 0 Å². The molecule has 0 heterocycles. The van der Waals surface area contributed by atoms with Crippen molar-refractivity contribution in [1.29, 1.82) is 0 Å². The third-order valence-corrected chi connectivity index (χ3v) is 8.75. The van der Waals surface area contributed by atoms with Crippen molar-refractivity contribution in [1.82, 2.24) is 0 Å². The highest BCUT2D eigenvalue weighted by molar-refractivity contribution is 6.12. The summed E-state index contributed by atoms with van der Waals surface area (Å²) < 4.78 is 6.28. The van der Waals surface area contributed by atoms with Crippen LogP contribution in [-0.2, 0) is 9.59 Å². The average Bonchev–Trinajstić information content (AvgIpc) is 2.98. The van der Waals surface area contributed by atoms with Gasteiger partial charge in [-0.15, -0.1) is 0 Å². The Labute approximate surface area is 304 Å². The number of ketones is 2. The zero-order chi connectivity index (χ0) is 38.1. The van der Waals surface area contributed by atoms with Gasteiger partial charge in [-0.25, -0.2) is 0 Å². The molecule has 0 N–H and O–H groups in total. The van der Waals surface area contributed by atoms with Gasteiger partial charge in [-0.05, 0) is 118 Å². The van der Waals surface area contributed by atoms with Crippen LogP contribution in [0, 0.1) is 35.5 Å². The minimum absolute atomic E-state index is 0.0938. The summed E-state index contributed by atoms with van der Waals surface area (Å²) in [4.78, 5) is 26.4. The molecule has 2 aliphatic carbocycles. The van der Waals surface area contributed by atoms with Crippen LogP contribution in [0.15, 0.2) is 127 Å². The molecular formula is C44H54N4O3. The molecule has 0 unspecified atom stereocenters. The molecule has 4 rings (SSSR count). The lowest BCUT2D eigenvalue weighted by atomic mass is 9.72. The number of Topliss-reactive ketones (excluding diaryl/α,β-unsaturated/α-hetero) is 2. The molecule has 0 spiro atoms. The van der Waals surface area contributed by atoms with E-state index in [0.717, 1.165) is 44.6 Å². The Balaban J connectivity index is 1.49. The maximum Gasteiger partial charge on any atom is 0.186 e. The van der Waals surface area contributed by atoms with E-state index in [1.165, 1.54) is 0 Å². The van der Waals surface area contributed by atoms with Crippen LogP contribution >= 0.6 is 0 Å². The molecule has 0 saturated heterocycles. The molecule has 7 heteroatoms. The highest BCUT2D eigenvalue weighted by Gasteiger charge is 2.35. The summed E-state index contributed by atoms with van der Waals surface area (Å²) in [5, 5.41) is 17.6. The van der Waals surface area contributed by atoms with Crippen molar-refractivity contribution in [2.75, 3.05) is 0 Å². The summed E-state index contributed by atoms with van der Waals surface area (Å²) in [5.41, 5.74) is 6.88. The fourth-order valence-corrected chi connectivity index (χ4v) is 5.74. The number of benzene rings is 2. The second-order valence-corrected chi connectivity index (χ2v) is 17.6. The van der Waals surface area contributed by atoms with E-state index in [9.17, 15) is 9.59 Å². The lowest BCUT2D eigenvalue weighted by Gasteiger charge is -2.31. The van der Waals surface area contributed by atoms with Crippen molar-refractivity contribution in [2.24, 2.45) is 42.1 Å². The predicted molar refractivity (Wildman–Crippen MR) is 208 cm³/mol. The van der Waals surface area contributed by atoms with E-state index in [0.29, 0.717) is 22.9 Å². The van der Waals surface area contributed by atoms with Crippen LogP contribution in [0.25, 0.3) is 0 Å². The Morgan fingerprint density at radius 1 is 0.490 bits per heavy atom. The topological polar surface area (TPSA) is 92.8 Å². The third-order valence-electron chi connectivity index (χ3n) is 8.75. The molecule has 7 nitrogen and oxygen atoms in total. The molecule has 0 fully saturated rings. The monoisotopic (exact) mass is 686 g/mol. The number of rotatable bonds is 6. The van der Waals surface area contributed by atoms with Gasteiger partial charge in [-0.3, -0.25) is 9.59 Å². The number of carbonyl (C=O) groups is 2. The number of hydrogen-bond donors (Lipinski definition) is 0. The molecule has 0 saturated carbocycles. The molecule has 0 atom stereocenters. The number of azo groups is 2. The van der Waals surface area contributed by atoms with E-state index in [1.54, 1.807) is 12.4 Å². The minimum Gasteiger partial charge on any atom is -0.457 e. The lowest BCUT2D eigenvalue weighted by Crippen LogP contribution is -2.27. The summed E-state index contributed by atoms with van der Waals surface area (Å²) in [6.07, 6.45) is 11.1. The van der Waals surface area contributed by atoms with Gasteiger partial charge in [-0.1, -0.05) is 83.1 Å². The van der Waals surface area contributed by atoms with Gasteiger partial charge in [0.05, 0.1) is 23.8 Å². The van der Waals surface area contributed by atoms with Gasteiger partial charge < -0.3 is 4.74 Å². The molecule has 2 aliphatic rings. The van der Waals surface area contributed by atoms with Crippen molar-refractivity contribution >= 4 is 22.9 Å². The standard InChI is InChI=1S/C44H54N4O3/c1-27-19-31(47-45-25-29-21-33(41(3,4)5)39(49)34(22-29)42(6,7)8)15-17-37(27)51-38-18-16-32(20-28(38)2)48-46-26-30-23-35(43(9,10)11)40(50)36(24-30)44(12,13)14/h15-26H,1-14H3. The van der Waals surface area contributed by atoms with E-state index >= 15 is 0 Å². The predicted octanol–water partition coefficient (Wildman–Crippen LogP) is 13.1. The summed E-state index contributed by atoms with van der Waals surface area (Å²) in [5.74, 6) is 1.61. The van der Waals surface area contributed by atoms with Gasteiger partial charge in [0.25, 0.3) is 0 Å². The van der Waals surface area contributed by atoms with Gasteiger partial charge in [0.2, 0.25) is 0 Å². The maximum atomic E-state index is 13.2. The largest absolute Gasteiger partial charge is 0.457 e. The molecule has 0 aliphatic heterocycles. The summed E-state index contributed by atoms with van der Waals surface area (Å²) in [6.45, 7) is 28.6. The van der Waals surface area contributed by atoms with Crippen molar-refractivity contribution in [2.45, 2.75) is 96.9 Å². The number of nitrogens with zero attached hydrogens (tertiary/aromatic N) is 4. The smallest absolute Gasteiger partial charge is 0.186 e. The second-order valence-electron chi connectivity index (χ2n) is 17.6. The number of hydrogen-bond acceptors (Lipinski definition) is 7. The Hall–Kier alpha value is -4.78. The third kappa shape index (κ3) is 9.72. The Morgan fingerprint density at radius 2 is 0.784 bits per heavy atom. The van der Waals surface area contributed by atoms with Crippen LogP contribution in [0.4, 0.5) is 11.4 Å². The van der Waals surface area contributed by atoms with Gasteiger partial charge in [0, 0.05) is 22.3 Å². The van der Waals surface area contributed by atoms with E-state index in [1.807, 2.05) is 74.5 Å². The quantitative estimate of drug-likeness (QED) is 0.283. The Bertz CT molecular complexity index is 1770. The fourth-order valence-electron chi connectivity index (χ4n) is 5.74. The van der Waals surface area contributed by atoms with Crippen LogP contribution in [-0.4, -0.2) is 11.6 Å². The maximum absolute atomic E-state index is 13.2. The number of carbonyl (C=O) groups excluding carboxylic acids is 2. The van der Waals surface area contributed by atoms with Crippen molar-refractivity contribution < 1.29 is 14.3 Å². The fraction of sp³-hybridized carbons (Fsp3) is 0.409. The van der Waals surface area contributed by atoms with Gasteiger partial charge in [0.15, 0.2) is 11.6 Å². The molecule has 0 radical (unpaired) electrons. The molecule has 51 heavy (non-hydrogen) atoms. The molecule has 0 aromatic heterocycles. The minimum atomic E-state index is -0.285. The zero-order valence-electron chi connectivity index (χ0n) is 32.9. The number of aryl methyl sites for hydroxylation is 2. The molecular weight excluding hydrogens is 633 g/mol. The number of ether oxygens (including phenoxy) is 1. The van der Waals surface area contributed by atoms with Crippen LogP contribution in [0.5, 0.6) is 11.5 Å². The van der Waals surface area contributed by atoms with E-state index in [4.69, 9.17) is 4.74 Å². The summed E-state index contributed by atoms with van der Waals surface area (Å²) in [7, 11) is 0. The molecule has 0 amide bonds. The Kier molecular flexibility index (Phi) is 11.1. The molecule has 2 aromatic rings. The van der Waals surface area contributed by atoms with Gasteiger partial charge >= 0.3 is 0 Å². The van der Waals surface area contributed by atoms with Crippen LogP contribution in [0.3, 0.4) is 0 Å². The normalized spacial score (nSPS) is 16.4. The first kappa shape index (κ1) is 39.0. The van der Waals surface area contributed by atoms with Gasteiger partial charge in [0.1, 0.15) is 11.5 Å². The molecule has 268 valence electrons. The first-order chi connectivity index (χ1) is 23.4. The van der Waals surface area contributed by atoms with E-state index in [-0.39, 0.29) is 33.2 Å². The molecule has 0 bridgehead atoms. The average molecular weight is 687 g/mol. The highest BCUT2D eigenvalue weighted by Crippen LogP contribution is 2.40.